The highest BCUT2D eigenvalue weighted by molar-refractivity contribution is 5.84. The number of rotatable bonds is 8. The van der Waals surface area contributed by atoms with E-state index in [1.807, 2.05) is 42.2 Å². The summed E-state index contributed by atoms with van der Waals surface area (Å²) < 4.78 is 5.24. The molecule has 1 amide bonds. The Bertz CT molecular complexity index is 972. The fourth-order valence-electron chi connectivity index (χ4n) is 4.27. The van der Waals surface area contributed by atoms with Gasteiger partial charge in [0.05, 0.1) is 12.5 Å². The number of carbonyl (C=O) groups excluding carboxylic acids is 2. The van der Waals surface area contributed by atoms with Crippen molar-refractivity contribution in [1.82, 2.24) is 20.3 Å². The lowest BCUT2D eigenvalue weighted by molar-refractivity contribution is -0.148. The van der Waals surface area contributed by atoms with Crippen LogP contribution in [0.3, 0.4) is 0 Å². The van der Waals surface area contributed by atoms with Crippen LogP contribution in [0.15, 0.2) is 30.3 Å². The van der Waals surface area contributed by atoms with E-state index in [4.69, 9.17) is 4.74 Å². The van der Waals surface area contributed by atoms with Crippen molar-refractivity contribution in [1.29, 1.82) is 0 Å². The first kappa shape index (κ1) is 23.7. The van der Waals surface area contributed by atoms with E-state index >= 15 is 0 Å². The number of nitrogens with one attached hydrogen (secondary N) is 3. The van der Waals surface area contributed by atoms with Crippen LogP contribution in [0, 0.1) is 5.92 Å². The summed E-state index contributed by atoms with van der Waals surface area (Å²) in [4.78, 5) is 40.6. The highest BCUT2D eigenvalue weighted by atomic mass is 16.5. The van der Waals surface area contributed by atoms with Crippen molar-refractivity contribution in [3.05, 3.63) is 35.9 Å². The van der Waals surface area contributed by atoms with Gasteiger partial charge in [-0.2, -0.15) is 15.0 Å². The first-order valence-corrected chi connectivity index (χ1v) is 12.1. The third-order valence-electron chi connectivity index (χ3n) is 6.08. The maximum Gasteiger partial charge on any atom is 0.310 e. The summed E-state index contributed by atoms with van der Waals surface area (Å²) >= 11 is 0. The molecule has 1 aromatic heterocycles. The number of esters is 1. The number of carbonyl (C=O) groups is 2. The van der Waals surface area contributed by atoms with E-state index in [0.29, 0.717) is 50.5 Å². The highest BCUT2D eigenvalue weighted by Gasteiger charge is 2.29. The number of piperidine rings is 1. The molecule has 0 aliphatic carbocycles. The second kappa shape index (κ2) is 11.6. The fraction of sp³-hybridized carbons (Fsp3) is 0.542. The quantitative estimate of drug-likeness (QED) is 0.502. The standard InChI is InChI=1S/C24H33N7O3/c1-2-34-21(33)18-11-8-14-31(16-18)24-29-22(26-15-17-9-4-3-5-10-17)28-23(30-24)27-19-12-6-7-13-25-20(19)32/h3-5,9-10,18-19H,2,6-8,11-16H2,1H3,(H,25,32)(H2,26,27,28,29,30). The van der Waals surface area contributed by atoms with Gasteiger partial charge in [-0.15, -0.1) is 0 Å². The number of anilines is 3. The molecule has 4 rings (SSSR count). The number of hydrogen-bond acceptors (Lipinski definition) is 9. The van der Waals surface area contributed by atoms with E-state index in [2.05, 4.69) is 30.9 Å². The largest absolute Gasteiger partial charge is 0.466 e. The molecule has 2 fully saturated rings. The Balaban J connectivity index is 1.55. The first-order chi connectivity index (χ1) is 16.6. The highest BCUT2D eigenvalue weighted by Crippen LogP contribution is 2.24. The molecule has 3 N–H and O–H groups in total. The molecule has 2 atom stereocenters. The molecule has 10 heteroatoms. The molecule has 2 unspecified atom stereocenters. The molecule has 0 radical (unpaired) electrons. The number of hydrogen-bond donors (Lipinski definition) is 3. The minimum atomic E-state index is -0.395. The van der Waals surface area contributed by atoms with Crippen LogP contribution in [0.1, 0.15) is 44.6 Å². The first-order valence-electron chi connectivity index (χ1n) is 12.1. The van der Waals surface area contributed by atoms with E-state index in [1.165, 1.54) is 0 Å². The predicted octanol–water partition coefficient (Wildman–Crippen LogP) is 2.34. The van der Waals surface area contributed by atoms with E-state index in [-0.39, 0.29) is 17.8 Å². The van der Waals surface area contributed by atoms with Crippen LogP contribution in [-0.4, -0.2) is 59.1 Å². The van der Waals surface area contributed by atoms with Gasteiger partial charge in [-0.25, -0.2) is 0 Å². The summed E-state index contributed by atoms with van der Waals surface area (Å²) in [7, 11) is 0. The van der Waals surface area contributed by atoms with Crippen LogP contribution in [0.4, 0.5) is 17.8 Å². The fourth-order valence-corrected chi connectivity index (χ4v) is 4.27. The summed E-state index contributed by atoms with van der Waals surface area (Å²) in [5.41, 5.74) is 1.10. The lowest BCUT2D eigenvalue weighted by Gasteiger charge is -2.31. The number of aromatic nitrogens is 3. The monoisotopic (exact) mass is 467 g/mol. The number of ether oxygens (including phenoxy) is 1. The number of benzene rings is 1. The van der Waals surface area contributed by atoms with Crippen LogP contribution in [-0.2, 0) is 20.9 Å². The SMILES string of the molecule is CCOC(=O)C1CCCN(c2nc(NCc3ccccc3)nc(NC3CCCCNC3=O)n2)C1. The Morgan fingerprint density at radius 2 is 1.94 bits per heavy atom. The Morgan fingerprint density at radius 3 is 2.76 bits per heavy atom. The molecule has 0 bridgehead atoms. The predicted molar refractivity (Wildman–Crippen MR) is 129 cm³/mol. The number of amides is 1. The Morgan fingerprint density at radius 1 is 1.12 bits per heavy atom. The molecule has 10 nitrogen and oxygen atoms in total. The van der Waals surface area contributed by atoms with Crippen LogP contribution in [0.5, 0.6) is 0 Å². The lowest BCUT2D eigenvalue weighted by Crippen LogP contribution is -2.41. The maximum atomic E-state index is 12.5. The van der Waals surface area contributed by atoms with Gasteiger partial charge in [0.15, 0.2) is 0 Å². The van der Waals surface area contributed by atoms with Crippen molar-refractivity contribution in [3.63, 3.8) is 0 Å². The van der Waals surface area contributed by atoms with Crippen molar-refractivity contribution >= 4 is 29.7 Å². The number of nitrogens with zero attached hydrogens (tertiary/aromatic N) is 4. The normalized spacial score (nSPS) is 20.7. The second-order valence-electron chi connectivity index (χ2n) is 8.64. The zero-order valence-corrected chi connectivity index (χ0v) is 19.6. The topological polar surface area (TPSA) is 121 Å². The zero-order valence-electron chi connectivity index (χ0n) is 19.6. The van der Waals surface area contributed by atoms with Crippen LogP contribution >= 0.6 is 0 Å². The van der Waals surface area contributed by atoms with E-state index < -0.39 is 6.04 Å². The summed E-state index contributed by atoms with van der Waals surface area (Å²) in [5.74, 6) is 0.812. The van der Waals surface area contributed by atoms with Gasteiger partial charge in [0.25, 0.3) is 0 Å². The smallest absolute Gasteiger partial charge is 0.310 e. The van der Waals surface area contributed by atoms with E-state index in [9.17, 15) is 9.59 Å². The third-order valence-corrected chi connectivity index (χ3v) is 6.08. The summed E-state index contributed by atoms with van der Waals surface area (Å²) in [5, 5.41) is 9.42. The van der Waals surface area contributed by atoms with Gasteiger partial charge < -0.3 is 25.6 Å². The molecule has 0 spiro atoms. The maximum absolute atomic E-state index is 12.5. The molecular formula is C24H33N7O3. The summed E-state index contributed by atoms with van der Waals surface area (Å²) in [6.45, 7) is 4.65. The molecule has 182 valence electrons. The Kier molecular flexibility index (Phi) is 8.11. The van der Waals surface area contributed by atoms with Crippen molar-refractivity contribution < 1.29 is 14.3 Å². The molecule has 3 heterocycles. The minimum absolute atomic E-state index is 0.0430. The van der Waals surface area contributed by atoms with Gasteiger partial charge in [0.2, 0.25) is 23.8 Å². The van der Waals surface area contributed by atoms with Gasteiger partial charge in [-0.05, 0) is 44.6 Å². The van der Waals surface area contributed by atoms with Gasteiger partial charge in [-0.1, -0.05) is 30.3 Å². The second-order valence-corrected chi connectivity index (χ2v) is 8.64. The van der Waals surface area contributed by atoms with Crippen molar-refractivity contribution in [2.24, 2.45) is 5.92 Å². The van der Waals surface area contributed by atoms with Crippen molar-refractivity contribution in [2.75, 3.05) is 41.8 Å². The molecule has 34 heavy (non-hydrogen) atoms. The molecule has 2 saturated heterocycles. The molecule has 0 saturated carbocycles. The van der Waals surface area contributed by atoms with E-state index in [1.54, 1.807) is 0 Å². The zero-order chi connectivity index (χ0) is 23.8. The third kappa shape index (κ3) is 6.33. The lowest BCUT2D eigenvalue weighted by atomic mass is 9.98. The summed E-state index contributed by atoms with van der Waals surface area (Å²) in [6.07, 6.45) is 4.25. The average molecular weight is 468 g/mol. The van der Waals surface area contributed by atoms with Gasteiger partial charge in [0.1, 0.15) is 6.04 Å². The molecule has 1 aromatic carbocycles. The van der Waals surface area contributed by atoms with Crippen LogP contribution in [0.25, 0.3) is 0 Å². The molecule has 2 aliphatic heterocycles. The molecule has 2 aromatic rings. The van der Waals surface area contributed by atoms with Gasteiger partial charge >= 0.3 is 5.97 Å². The minimum Gasteiger partial charge on any atom is -0.466 e. The Labute approximate surface area is 199 Å². The van der Waals surface area contributed by atoms with E-state index in [0.717, 1.165) is 37.8 Å². The van der Waals surface area contributed by atoms with Gasteiger partial charge in [0, 0.05) is 26.2 Å². The summed E-state index contributed by atoms with van der Waals surface area (Å²) in [6, 6.07) is 9.60. The van der Waals surface area contributed by atoms with Crippen LogP contribution < -0.4 is 20.9 Å². The molecule has 2 aliphatic rings. The van der Waals surface area contributed by atoms with Crippen LogP contribution in [0.2, 0.25) is 0 Å². The molecular weight excluding hydrogens is 434 g/mol. The van der Waals surface area contributed by atoms with Crippen molar-refractivity contribution in [2.45, 2.75) is 51.6 Å². The van der Waals surface area contributed by atoms with Gasteiger partial charge in [-0.3, -0.25) is 9.59 Å². The average Bonchev–Trinajstić information content (AvgIpc) is 3.07. The van der Waals surface area contributed by atoms with Crippen molar-refractivity contribution in [3.8, 4) is 0 Å². The Hall–Kier alpha value is -3.43.